The Hall–Kier alpha value is -1.00. The second kappa shape index (κ2) is 7.32. The van der Waals surface area contributed by atoms with E-state index in [2.05, 4.69) is 42.0 Å². The summed E-state index contributed by atoms with van der Waals surface area (Å²) in [6.45, 7) is 10.8. The Labute approximate surface area is 130 Å². The summed E-state index contributed by atoms with van der Waals surface area (Å²) in [6.07, 6.45) is 3.87. The van der Waals surface area contributed by atoms with E-state index in [1.165, 1.54) is 31.0 Å². The number of rotatable bonds is 5. The van der Waals surface area contributed by atoms with Crippen LogP contribution in [0.1, 0.15) is 19.3 Å². The summed E-state index contributed by atoms with van der Waals surface area (Å²) in [5.41, 5.74) is 8.00. The van der Waals surface area contributed by atoms with Crippen LogP contribution in [-0.2, 0) is 0 Å². The first-order valence-corrected chi connectivity index (χ1v) is 12.0. The lowest BCUT2D eigenvalue weighted by atomic mass is 10.1. The first kappa shape index (κ1) is 16.4. The molecule has 1 heterocycles. The van der Waals surface area contributed by atoms with Crippen LogP contribution in [0.3, 0.4) is 0 Å². The van der Waals surface area contributed by atoms with Gasteiger partial charge in [-0.05, 0) is 43.7 Å². The molecular formula is C17H31N3Si. The van der Waals surface area contributed by atoms with E-state index in [1.54, 1.807) is 0 Å². The maximum Gasteiger partial charge on any atom is 0.0442 e. The van der Waals surface area contributed by atoms with Gasteiger partial charge in [-0.1, -0.05) is 32.1 Å². The molecule has 0 aliphatic carbocycles. The van der Waals surface area contributed by atoms with E-state index >= 15 is 0 Å². The Balaban J connectivity index is 2.02. The minimum atomic E-state index is -0.919. The summed E-state index contributed by atoms with van der Waals surface area (Å²) in [6, 6.07) is 10.4. The van der Waals surface area contributed by atoms with Crippen LogP contribution < -0.4 is 16.0 Å². The number of hydrogen-bond donors (Lipinski definition) is 2. The topological polar surface area (TPSA) is 41.3 Å². The van der Waals surface area contributed by atoms with Gasteiger partial charge in [0.25, 0.3) is 0 Å². The van der Waals surface area contributed by atoms with Gasteiger partial charge in [-0.25, -0.2) is 0 Å². The average Bonchev–Trinajstić information content (AvgIpc) is 2.64. The third-order valence-electron chi connectivity index (χ3n) is 4.26. The van der Waals surface area contributed by atoms with E-state index in [9.17, 15) is 0 Å². The maximum absolute atomic E-state index is 5.82. The van der Waals surface area contributed by atoms with Crippen molar-refractivity contribution >= 4 is 19.4 Å². The number of nitrogens with two attached hydrogens (primary N) is 1. The summed E-state index contributed by atoms with van der Waals surface area (Å²) in [5.74, 6) is 0. The van der Waals surface area contributed by atoms with Gasteiger partial charge in [0.15, 0.2) is 0 Å². The molecule has 0 spiro atoms. The fourth-order valence-electron chi connectivity index (χ4n) is 3.07. The highest BCUT2D eigenvalue weighted by Crippen LogP contribution is 2.24. The number of hydrogen-bond acceptors (Lipinski definition) is 3. The SMILES string of the molecule is C[Si](C)(C)CCCC1CNCCCN1c1ccc(N)cc1. The second-order valence-electron chi connectivity index (χ2n) is 7.45. The molecule has 0 amide bonds. The van der Waals surface area contributed by atoms with Crippen molar-refractivity contribution in [3.05, 3.63) is 24.3 Å². The molecule has 1 saturated heterocycles. The first-order valence-electron chi connectivity index (χ1n) is 8.29. The van der Waals surface area contributed by atoms with Crippen molar-refractivity contribution in [2.75, 3.05) is 30.3 Å². The number of nitrogens with zero attached hydrogens (tertiary/aromatic N) is 1. The zero-order valence-electron chi connectivity index (χ0n) is 13.9. The van der Waals surface area contributed by atoms with Crippen molar-refractivity contribution in [3.63, 3.8) is 0 Å². The van der Waals surface area contributed by atoms with Gasteiger partial charge in [-0.15, -0.1) is 0 Å². The molecule has 1 unspecified atom stereocenters. The standard InChI is InChI=1S/C17H31N3Si/c1-21(2,3)13-4-6-17-14-19-11-5-12-20(17)16-9-7-15(18)8-10-16/h7-10,17,19H,4-6,11-14,18H2,1-3H3. The van der Waals surface area contributed by atoms with Crippen LogP contribution in [0.25, 0.3) is 0 Å². The maximum atomic E-state index is 5.82. The van der Waals surface area contributed by atoms with Gasteiger partial charge in [0, 0.05) is 38.6 Å². The van der Waals surface area contributed by atoms with E-state index in [-0.39, 0.29) is 0 Å². The molecule has 1 aliphatic heterocycles. The van der Waals surface area contributed by atoms with Gasteiger partial charge in [-0.2, -0.15) is 0 Å². The van der Waals surface area contributed by atoms with Crippen LogP contribution in [-0.4, -0.2) is 33.7 Å². The van der Waals surface area contributed by atoms with Crippen LogP contribution in [0.2, 0.25) is 25.7 Å². The second-order valence-corrected chi connectivity index (χ2v) is 13.1. The van der Waals surface area contributed by atoms with Crippen LogP contribution in [0, 0.1) is 0 Å². The summed E-state index contributed by atoms with van der Waals surface area (Å²) >= 11 is 0. The Morgan fingerprint density at radius 1 is 1.24 bits per heavy atom. The van der Waals surface area contributed by atoms with E-state index in [0.717, 1.165) is 25.3 Å². The van der Waals surface area contributed by atoms with Crippen LogP contribution in [0.4, 0.5) is 11.4 Å². The minimum Gasteiger partial charge on any atom is -0.399 e. The highest BCUT2D eigenvalue weighted by molar-refractivity contribution is 6.76. The predicted molar refractivity (Wildman–Crippen MR) is 96.9 cm³/mol. The molecule has 21 heavy (non-hydrogen) atoms. The molecule has 3 N–H and O–H groups in total. The zero-order valence-corrected chi connectivity index (χ0v) is 14.9. The molecule has 118 valence electrons. The quantitative estimate of drug-likeness (QED) is 0.645. The number of benzene rings is 1. The van der Waals surface area contributed by atoms with E-state index in [4.69, 9.17) is 5.73 Å². The average molecular weight is 306 g/mol. The first-order chi connectivity index (χ1) is 9.96. The fourth-order valence-corrected chi connectivity index (χ4v) is 4.33. The molecule has 1 atom stereocenters. The lowest BCUT2D eigenvalue weighted by Gasteiger charge is -2.32. The monoisotopic (exact) mass is 305 g/mol. The Morgan fingerprint density at radius 3 is 2.62 bits per heavy atom. The lowest BCUT2D eigenvalue weighted by Crippen LogP contribution is -2.40. The summed E-state index contributed by atoms with van der Waals surface area (Å²) < 4.78 is 0. The number of nitrogen functional groups attached to an aromatic ring is 1. The van der Waals surface area contributed by atoms with Crippen LogP contribution in [0.5, 0.6) is 0 Å². The van der Waals surface area contributed by atoms with Crippen molar-refractivity contribution < 1.29 is 0 Å². The highest BCUT2D eigenvalue weighted by Gasteiger charge is 2.22. The molecular weight excluding hydrogens is 274 g/mol. The van der Waals surface area contributed by atoms with Crippen molar-refractivity contribution in [1.82, 2.24) is 5.32 Å². The van der Waals surface area contributed by atoms with Crippen molar-refractivity contribution in [2.24, 2.45) is 0 Å². The fraction of sp³-hybridized carbons (Fsp3) is 0.647. The van der Waals surface area contributed by atoms with Crippen molar-refractivity contribution in [2.45, 2.75) is 51.0 Å². The van der Waals surface area contributed by atoms with Crippen molar-refractivity contribution in [1.29, 1.82) is 0 Å². The van der Waals surface area contributed by atoms with Gasteiger partial charge in [-0.3, -0.25) is 0 Å². The summed E-state index contributed by atoms with van der Waals surface area (Å²) in [4.78, 5) is 2.59. The molecule has 4 heteroatoms. The lowest BCUT2D eigenvalue weighted by molar-refractivity contribution is 0.541. The molecule has 3 nitrogen and oxygen atoms in total. The smallest absolute Gasteiger partial charge is 0.0442 e. The van der Waals surface area contributed by atoms with E-state index < -0.39 is 8.07 Å². The minimum absolute atomic E-state index is 0.618. The normalized spacial score (nSPS) is 20.3. The molecule has 1 aromatic rings. The third-order valence-corrected chi connectivity index (χ3v) is 6.12. The predicted octanol–water partition coefficient (Wildman–Crippen LogP) is 3.56. The van der Waals surface area contributed by atoms with E-state index in [0.29, 0.717) is 6.04 Å². The summed E-state index contributed by atoms with van der Waals surface area (Å²) in [7, 11) is -0.919. The Morgan fingerprint density at radius 2 is 1.95 bits per heavy atom. The van der Waals surface area contributed by atoms with Crippen LogP contribution in [0.15, 0.2) is 24.3 Å². The van der Waals surface area contributed by atoms with Crippen molar-refractivity contribution in [3.8, 4) is 0 Å². The highest BCUT2D eigenvalue weighted by atomic mass is 28.3. The van der Waals surface area contributed by atoms with Gasteiger partial charge < -0.3 is 16.0 Å². The van der Waals surface area contributed by atoms with Gasteiger partial charge in [0.2, 0.25) is 0 Å². The Bertz CT molecular complexity index is 425. The molecule has 1 aliphatic rings. The van der Waals surface area contributed by atoms with E-state index in [1.807, 2.05) is 12.1 Å². The molecule has 1 fully saturated rings. The molecule has 0 radical (unpaired) electrons. The molecule has 0 aromatic heterocycles. The number of anilines is 2. The third kappa shape index (κ3) is 5.36. The molecule has 0 bridgehead atoms. The van der Waals surface area contributed by atoms with Gasteiger partial charge >= 0.3 is 0 Å². The summed E-state index contributed by atoms with van der Waals surface area (Å²) in [5, 5.41) is 3.60. The Kier molecular flexibility index (Phi) is 5.70. The zero-order chi connectivity index (χ0) is 15.3. The van der Waals surface area contributed by atoms with Gasteiger partial charge in [0.1, 0.15) is 0 Å². The molecule has 2 rings (SSSR count). The van der Waals surface area contributed by atoms with Crippen LogP contribution >= 0.6 is 0 Å². The number of nitrogens with one attached hydrogen (secondary N) is 1. The molecule has 0 saturated carbocycles. The molecule has 1 aromatic carbocycles. The largest absolute Gasteiger partial charge is 0.399 e. The van der Waals surface area contributed by atoms with Gasteiger partial charge in [0.05, 0.1) is 0 Å².